The molecular formula is C17H23N3O. The third-order valence-corrected chi connectivity index (χ3v) is 4.27. The molecule has 1 N–H and O–H groups in total. The van der Waals surface area contributed by atoms with Crippen molar-refractivity contribution >= 4 is 0 Å². The van der Waals surface area contributed by atoms with Gasteiger partial charge in [-0.3, -0.25) is 9.67 Å². The first-order valence-corrected chi connectivity index (χ1v) is 7.54. The average molecular weight is 285 g/mol. The van der Waals surface area contributed by atoms with Gasteiger partial charge in [-0.1, -0.05) is 26.8 Å². The van der Waals surface area contributed by atoms with Crippen molar-refractivity contribution in [3.8, 4) is 0 Å². The Labute approximate surface area is 125 Å². The van der Waals surface area contributed by atoms with Gasteiger partial charge in [0.05, 0.1) is 11.8 Å². The normalized spacial score (nSPS) is 19.6. The molecule has 0 aromatic carbocycles. The molecule has 2 atom stereocenters. The maximum absolute atomic E-state index is 10.9. The van der Waals surface area contributed by atoms with Gasteiger partial charge in [-0.2, -0.15) is 5.10 Å². The van der Waals surface area contributed by atoms with E-state index in [9.17, 15) is 5.11 Å². The standard InChI is InChI=1S/C17H23N3O/c1-17(2,3)16-13(10-20(4)19-16)15(21)12-8-7-11-6-5-9-18-14(11)12/h5-6,9-10,12,15,21H,7-8H2,1-4H3. The topological polar surface area (TPSA) is 50.9 Å². The van der Waals surface area contributed by atoms with Gasteiger partial charge in [0.15, 0.2) is 0 Å². The van der Waals surface area contributed by atoms with Crippen molar-refractivity contribution < 1.29 is 5.11 Å². The van der Waals surface area contributed by atoms with Gasteiger partial charge in [-0.25, -0.2) is 0 Å². The first-order valence-electron chi connectivity index (χ1n) is 7.54. The van der Waals surface area contributed by atoms with Crippen LogP contribution in [0.5, 0.6) is 0 Å². The summed E-state index contributed by atoms with van der Waals surface area (Å²) in [5.74, 6) is 0.0755. The maximum atomic E-state index is 10.9. The molecule has 1 aliphatic rings. The first-order chi connectivity index (χ1) is 9.88. The predicted octanol–water partition coefficient (Wildman–Crippen LogP) is 2.88. The first kappa shape index (κ1) is 14.3. The van der Waals surface area contributed by atoms with E-state index in [2.05, 4.69) is 36.9 Å². The van der Waals surface area contributed by atoms with Crippen LogP contribution in [0.3, 0.4) is 0 Å². The Morgan fingerprint density at radius 3 is 2.86 bits per heavy atom. The van der Waals surface area contributed by atoms with Gasteiger partial charge in [0.1, 0.15) is 0 Å². The molecule has 0 saturated carbocycles. The van der Waals surface area contributed by atoms with E-state index in [4.69, 9.17) is 0 Å². The fourth-order valence-corrected chi connectivity index (χ4v) is 3.27. The summed E-state index contributed by atoms with van der Waals surface area (Å²) >= 11 is 0. The minimum atomic E-state index is -0.538. The number of fused-ring (bicyclic) bond motifs is 1. The molecule has 2 aromatic heterocycles. The Bertz CT molecular complexity index is 654. The van der Waals surface area contributed by atoms with Gasteiger partial charge in [-0.15, -0.1) is 0 Å². The third kappa shape index (κ3) is 2.48. The molecule has 0 bridgehead atoms. The van der Waals surface area contributed by atoms with Gasteiger partial charge in [0, 0.05) is 42.0 Å². The van der Waals surface area contributed by atoms with E-state index in [-0.39, 0.29) is 11.3 Å². The molecule has 2 unspecified atom stereocenters. The van der Waals surface area contributed by atoms with Crippen molar-refractivity contribution in [2.24, 2.45) is 7.05 Å². The molecule has 1 aliphatic carbocycles. The minimum Gasteiger partial charge on any atom is -0.388 e. The van der Waals surface area contributed by atoms with Crippen molar-refractivity contribution in [1.29, 1.82) is 0 Å². The van der Waals surface area contributed by atoms with Crippen LogP contribution in [0.2, 0.25) is 0 Å². The highest BCUT2D eigenvalue weighted by atomic mass is 16.3. The summed E-state index contributed by atoms with van der Waals surface area (Å²) in [5.41, 5.74) is 4.15. The molecule has 21 heavy (non-hydrogen) atoms. The van der Waals surface area contributed by atoms with Crippen LogP contribution in [0.1, 0.15) is 61.7 Å². The molecule has 0 aliphatic heterocycles. The van der Waals surface area contributed by atoms with E-state index >= 15 is 0 Å². The van der Waals surface area contributed by atoms with Gasteiger partial charge < -0.3 is 5.11 Å². The largest absolute Gasteiger partial charge is 0.388 e. The Morgan fingerprint density at radius 2 is 2.14 bits per heavy atom. The average Bonchev–Trinajstić information content (AvgIpc) is 3.01. The predicted molar refractivity (Wildman–Crippen MR) is 82.2 cm³/mol. The number of aliphatic hydroxyl groups excluding tert-OH is 1. The van der Waals surface area contributed by atoms with E-state index in [0.29, 0.717) is 0 Å². The fraction of sp³-hybridized carbons (Fsp3) is 0.529. The van der Waals surface area contributed by atoms with Crippen LogP contribution < -0.4 is 0 Å². The number of aliphatic hydroxyl groups is 1. The second kappa shape index (κ2) is 4.95. The number of rotatable bonds is 2. The van der Waals surface area contributed by atoms with Crippen LogP contribution in [0, 0.1) is 0 Å². The van der Waals surface area contributed by atoms with E-state index in [0.717, 1.165) is 29.8 Å². The van der Waals surface area contributed by atoms with Crippen LogP contribution >= 0.6 is 0 Å². The molecule has 3 rings (SSSR count). The molecule has 2 aromatic rings. The summed E-state index contributed by atoms with van der Waals surface area (Å²) in [6, 6.07) is 4.08. The summed E-state index contributed by atoms with van der Waals surface area (Å²) in [6.45, 7) is 6.39. The van der Waals surface area contributed by atoms with E-state index in [1.807, 2.05) is 25.5 Å². The lowest BCUT2D eigenvalue weighted by Gasteiger charge is -2.23. The second-order valence-electron chi connectivity index (χ2n) is 6.99. The van der Waals surface area contributed by atoms with E-state index in [1.165, 1.54) is 5.56 Å². The minimum absolute atomic E-state index is 0.0755. The summed E-state index contributed by atoms with van der Waals surface area (Å²) in [5, 5.41) is 15.5. The summed E-state index contributed by atoms with van der Waals surface area (Å²) < 4.78 is 1.80. The quantitative estimate of drug-likeness (QED) is 0.923. The van der Waals surface area contributed by atoms with E-state index in [1.54, 1.807) is 4.68 Å². The summed E-state index contributed by atoms with van der Waals surface area (Å²) in [6.07, 6.45) is 5.18. The molecule has 0 radical (unpaired) electrons. The highest BCUT2D eigenvalue weighted by molar-refractivity contribution is 5.34. The molecule has 0 amide bonds. The zero-order valence-corrected chi connectivity index (χ0v) is 13.2. The lowest BCUT2D eigenvalue weighted by Crippen LogP contribution is -2.18. The molecule has 4 heteroatoms. The number of pyridine rings is 1. The highest BCUT2D eigenvalue weighted by Gasteiger charge is 2.35. The number of nitrogens with zero attached hydrogens (tertiary/aromatic N) is 3. The Hall–Kier alpha value is -1.68. The van der Waals surface area contributed by atoms with Crippen LogP contribution in [-0.2, 0) is 18.9 Å². The molecule has 112 valence electrons. The monoisotopic (exact) mass is 285 g/mol. The number of hydrogen-bond donors (Lipinski definition) is 1. The summed E-state index contributed by atoms with van der Waals surface area (Å²) in [7, 11) is 1.91. The maximum Gasteiger partial charge on any atom is 0.0907 e. The van der Waals surface area contributed by atoms with Gasteiger partial charge in [0.2, 0.25) is 0 Å². The van der Waals surface area contributed by atoms with Crippen molar-refractivity contribution in [2.75, 3.05) is 0 Å². The van der Waals surface area contributed by atoms with Crippen LogP contribution in [-0.4, -0.2) is 19.9 Å². The number of aromatic nitrogens is 3. The molecule has 2 heterocycles. The SMILES string of the molecule is Cn1cc(C(O)C2CCc3cccnc32)c(C(C)(C)C)n1. The van der Waals surface area contributed by atoms with Gasteiger partial charge >= 0.3 is 0 Å². The smallest absolute Gasteiger partial charge is 0.0907 e. The number of hydrogen-bond acceptors (Lipinski definition) is 3. The Balaban J connectivity index is 1.99. The molecular weight excluding hydrogens is 262 g/mol. The molecule has 0 spiro atoms. The van der Waals surface area contributed by atoms with Crippen molar-refractivity contribution in [3.05, 3.63) is 47.0 Å². The molecule has 0 fully saturated rings. The van der Waals surface area contributed by atoms with Gasteiger partial charge in [-0.05, 0) is 24.5 Å². The lowest BCUT2D eigenvalue weighted by atomic mass is 9.84. The molecule has 4 nitrogen and oxygen atoms in total. The van der Waals surface area contributed by atoms with E-state index < -0.39 is 6.10 Å². The zero-order chi connectivity index (χ0) is 15.2. The van der Waals surface area contributed by atoms with Crippen molar-refractivity contribution in [1.82, 2.24) is 14.8 Å². The lowest BCUT2D eigenvalue weighted by molar-refractivity contribution is 0.141. The Kier molecular flexibility index (Phi) is 3.36. The van der Waals surface area contributed by atoms with Crippen molar-refractivity contribution in [2.45, 2.75) is 51.0 Å². The summed E-state index contributed by atoms with van der Waals surface area (Å²) in [4.78, 5) is 4.50. The Morgan fingerprint density at radius 1 is 1.38 bits per heavy atom. The second-order valence-corrected chi connectivity index (χ2v) is 6.99. The third-order valence-electron chi connectivity index (χ3n) is 4.27. The zero-order valence-electron chi connectivity index (χ0n) is 13.2. The van der Waals surface area contributed by atoms with Crippen LogP contribution in [0.4, 0.5) is 0 Å². The molecule has 0 saturated heterocycles. The van der Waals surface area contributed by atoms with Crippen LogP contribution in [0.25, 0.3) is 0 Å². The fourth-order valence-electron chi connectivity index (χ4n) is 3.27. The number of aryl methyl sites for hydroxylation is 2. The van der Waals surface area contributed by atoms with Crippen molar-refractivity contribution in [3.63, 3.8) is 0 Å². The van der Waals surface area contributed by atoms with Crippen LogP contribution in [0.15, 0.2) is 24.5 Å². The van der Waals surface area contributed by atoms with Gasteiger partial charge in [0.25, 0.3) is 0 Å². The highest BCUT2D eigenvalue weighted by Crippen LogP contribution is 2.42.